The van der Waals surface area contributed by atoms with Crippen LogP contribution >= 0.6 is 11.3 Å². The summed E-state index contributed by atoms with van der Waals surface area (Å²) >= 11 is 1.47. The van der Waals surface area contributed by atoms with Crippen molar-refractivity contribution in [2.24, 2.45) is 11.3 Å². The third kappa shape index (κ3) is 8.15. The van der Waals surface area contributed by atoms with Crippen LogP contribution in [0.2, 0.25) is 0 Å². The first-order valence-corrected chi connectivity index (χ1v) is 17.4. The summed E-state index contributed by atoms with van der Waals surface area (Å²) in [5.41, 5.74) is 4.16. The number of halogens is 1. The summed E-state index contributed by atoms with van der Waals surface area (Å²) in [6.07, 6.45) is 5.70. The summed E-state index contributed by atoms with van der Waals surface area (Å²) in [7, 11) is -3.42. The van der Waals surface area contributed by atoms with Crippen LogP contribution in [0, 0.1) is 11.3 Å². The fourth-order valence-corrected chi connectivity index (χ4v) is 7.78. The summed E-state index contributed by atoms with van der Waals surface area (Å²) in [4.78, 5) is 22.6. The van der Waals surface area contributed by atoms with Gasteiger partial charge in [0.05, 0.1) is 11.1 Å². The number of sulfonamides is 1. The van der Waals surface area contributed by atoms with Gasteiger partial charge in [-0.1, -0.05) is 32.9 Å². The molecule has 1 saturated heterocycles. The molecule has 0 unspecified atom stereocenters. The van der Waals surface area contributed by atoms with Gasteiger partial charge in [0.15, 0.2) is 5.78 Å². The van der Waals surface area contributed by atoms with Crippen molar-refractivity contribution in [2.45, 2.75) is 77.8 Å². The molecule has 5 rings (SSSR count). The van der Waals surface area contributed by atoms with Gasteiger partial charge >= 0.3 is 0 Å². The molecule has 1 fully saturated rings. The number of carbonyl (C=O) groups is 1. The zero-order chi connectivity index (χ0) is 29.4. The average molecular weight is 618 g/mol. The third-order valence-corrected chi connectivity index (χ3v) is 10.5. The first-order chi connectivity index (χ1) is 19.3. The maximum Gasteiger partial charge on any atom is 0.229 e. The molecular formula is C32H46FN4O3S2+. The standard InChI is InChI=1S/C32H42FN3O3S2.H3N/c1-32(2,3)25-8-9-28-23(17-25)16-24-20-30(40-31(24)34-28)29(37)19-22(10-13-36-14-11-26(33)12-15-36)21-6-5-7-27(18-21)35-41(4,38)39;/h5-7,16,18,20,22,25-26,35H,8-15,17,19H2,1-4H3;1H3/p+1/t22-,25-;/m0./s1. The van der Waals surface area contributed by atoms with Gasteiger partial charge in [0.2, 0.25) is 10.0 Å². The van der Waals surface area contributed by atoms with E-state index >= 15 is 0 Å². The maximum absolute atomic E-state index is 13.7. The highest BCUT2D eigenvalue weighted by atomic mass is 32.2. The Bertz CT molecular complexity index is 1510. The highest BCUT2D eigenvalue weighted by Crippen LogP contribution is 2.39. The minimum Gasteiger partial charge on any atom is -0.369 e. The van der Waals surface area contributed by atoms with Crippen molar-refractivity contribution in [2.75, 3.05) is 30.6 Å². The number of thiophene rings is 1. The number of pyridine rings is 1. The summed E-state index contributed by atoms with van der Waals surface area (Å²) in [5.74, 6) is 0.608. The first kappa shape index (κ1) is 32.5. The van der Waals surface area contributed by atoms with Gasteiger partial charge in [0, 0.05) is 36.3 Å². The lowest BCUT2D eigenvalue weighted by atomic mass is 9.71. The van der Waals surface area contributed by atoms with E-state index in [-0.39, 0.29) is 23.3 Å². The van der Waals surface area contributed by atoms with Gasteiger partial charge in [-0.2, -0.15) is 0 Å². The van der Waals surface area contributed by atoms with Gasteiger partial charge in [-0.25, -0.2) is 17.8 Å². The lowest BCUT2D eigenvalue weighted by molar-refractivity contribution is 0.0971. The second kappa shape index (κ2) is 13.1. The second-order valence-corrected chi connectivity index (χ2v) is 15.8. The predicted molar refractivity (Wildman–Crippen MR) is 172 cm³/mol. The number of likely N-dealkylation sites (tertiary alicyclic amines) is 1. The fraction of sp³-hybridized carbons (Fsp3) is 0.562. The fourth-order valence-electron chi connectivity index (χ4n) is 6.24. The molecule has 7 nitrogen and oxygen atoms in total. The lowest BCUT2D eigenvalue weighted by Crippen LogP contribution is -2.35. The number of alkyl halides is 1. The molecular weight excluding hydrogens is 572 g/mol. The van der Waals surface area contributed by atoms with E-state index in [0.29, 0.717) is 30.9 Å². The number of quaternary nitrogens is 1. The Labute approximate surface area is 253 Å². The van der Waals surface area contributed by atoms with Crippen molar-refractivity contribution in [3.63, 3.8) is 0 Å². The van der Waals surface area contributed by atoms with Gasteiger partial charge in [0.1, 0.15) is 11.0 Å². The number of carbonyl (C=O) groups excluding carboxylic acids is 1. The quantitative estimate of drug-likeness (QED) is 0.243. The molecule has 0 radical (unpaired) electrons. The second-order valence-electron chi connectivity index (χ2n) is 13.0. The zero-order valence-corrected chi connectivity index (χ0v) is 27.2. The molecule has 5 N–H and O–H groups in total. The number of ketones is 1. The number of nitrogens with zero attached hydrogens (tertiary/aromatic N) is 2. The van der Waals surface area contributed by atoms with E-state index in [4.69, 9.17) is 4.98 Å². The number of hydrogen-bond donors (Lipinski definition) is 2. The smallest absolute Gasteiger partial charge is 0.229 e. The highest BCUT2D eigenvalue weighted by Gasteiger charge is 2.30. The predicted octanol–water partition coefficient (Wildman–Crippen LogP) is 7.38. The minimum atomic E-state index is -3.42. The topological polar surface area (TPSA) is 116 Å². The van der Waals surface area contributed by atoms with E-state index in [2.05, 4.69) is 36.5 Å². The first-order valence-electron chi connectivity index (χ1n) is 14.7. The van der Waals surface area contributed by atoms with E-state index in [1.54, 1.807) is 6.07 Å². The Kier molecular flexibility index (Phi) is 10.1. The van der Waals surface area contributed by atoms with Gasteiger partial charge in [0.25, 0.3) is 0 Å². The lowest BCUT2D eigenvalue weighted by Gasteiger charge is -2.34. The number of Topliss-reactive ketones (excluding diaryl/α,β-unsaturated/α-hetero) is 1. The molecule has 0 spiro atoms. The molecule has 10 heteroatoms. The number of fused-ring (bicyclic) bond motifs is 2. The van der Waals surface area contributed by atoms with Crippen LogP contribution in [0.4, 0.5) is 10.1 Å². The van der Waals surface area contributed by atoms with Crippen LogP contribution in [0.5, 0.6) is 0 Å². The SMILES string of the molecule is CC(C)(C)[C@H]1CCc2nc3sc(C(=O)C[C@H](CCN4CCC(F)CC4)c4cccc(NS(C)(=O)=O)c4)cc3cc2C1.[NH4+]. The summed E-state index contributed by atoms with van der Waals surface area (Å²) in [5, 5.41) is 1.04. The van der Waals surface area contributed by atoms with E-state index in [1.165, 1.54) is 22.6 Å². The third-order valence-electron chi connectivity index (χ3n) is 8.78. The van der Waals surface area contributed by atoms with Gasteiger partial charge in [-0.05, 0) is 97.7 Å². The molecule has 0 bridgehead atoms. The summed E-state index contributed by atoms with van der Waals surface area (Å²) < 4.78 is 39.9. The Morgan fingerprint density at radius 2 is 1.90 bits per heavy atom. The molecule has 1 aromatic carbocycles. The van der Waals surface area contributed by atoms with Crippen molar-refractivity contribution < 1.29 is 17.6 Å². The van der Waals surface area contributed by atoms with Crippen molar-refractivity contribution >= 4 is 43.0 Å². The van der Waals surface area contributed by atoms with Crippen molar-refractivity contribution in [3.8, 4) is 0 Å². The van der Waals surface area contributed by atoms with E-state index in [1.807, 2.05) is 24.3 Å². The van der Waals surface area contributed by atoms with Crippen LogP contribution in [0.1, 0.15) is 85.3 Å². The van der Waals surface area contributed by atoms with Crippen LogP contribution < -0.4 is 10.9 Å². The number of rotatable bonds is 9. The Morgan fingerprint density at radius 1 is 1.17 bits per heavy atom. The van der Waals surface area contributed by atoms with Crippen molar-refractivity contribution in [3.05, 3.63) is 58.1 Å². The monoisotopic (exact) mass is 617 g/mol. The molecule has 1 aliphatic carbocycles. The highest BCUT2D eigenvalue weighted by molar-refractivity contribution is 7.92. The summed E-state index contributed by atoms with van der Waals surface area (Å²) in [6, 6.07) is 11.6. The van der Waals surface area contributed by atoms with E-state index in [0.717, 1.165) is 72.2 Å². The van der Waals surface area contributed by atoms with Gasteiger partial charge in [-0.3, -0.25) is 9.52 Å². The Balaban J connectivity index is 0.00000405. The molecule has 1 aliphatic heterocycles. The zero-order valence-electron chi connectivity index (χ0n) is 25.6. The average Bonchev–Trinajstić information content (AvgIpc) is 3.32. The molecule has 3 heterocycles. The minimum absolute atomic E-state index is 0. The molecule has 2 atom stereocenters. The number of piperidine rings is 1. The van der Waals surface area contributed by atoms with E-state index < -0.39 is 16.2 Å². The van der Waals surface area contributed by atoms with Crippen molar-refractivity contribution in [1.82, 2.24) is 16.0 Å². The van der Waals surface area contributed by atoms with Crippen molar-refractivity contribution in [1.29, 1.82) is 0 Å². The number of anilines is 1. The molecule has 0 amide bonds. The summed E-state index contributed by atoms with van der Waals surface area (Å²) in [6.45, 7) is 9.14. The van der Waals surface area contributed by atoms with Gasteiger partial charge in [-0.15, -0.1) is 11.3 Å². The number of hydrogen-bond acceptors (Lipinski definition) is 6. The largest absolute Gasteiger partial charge is 0.369 e. The molecule has 2 aliphatic rings. The number of nitrogens with one attached hydrogen (secondary N) is 1. The maximum atomic E-state index is 13.7. The van der Waals surface area contributed by atoms with Crippen LogP contribution in [0.15, 0.2) is 36.4 Å². The van der Waals surface area contributed by atoms with Crippen LogP contribution in [0.3, 0.4) is 0 Å². The van der Waals surface area contributed by atoms with Crippen LogP contribution in [-0.2, 0) is 22.9 Å². The normalized spacial score (nSPS) is 19.2. The Morgan fingerprint density at radius 3 is 2.60 bits per heavy atom. The number of aromatic nitrogens is 1. The van der Waals surface area contributed by atoms with Crippen LogP contribution in [-0.4, -0.2) is 56.1 Å². The number of benzene rings is 1. The number of aryl methyl sites for hydroxylation is 1. The molecule has 42 heavy (non-hydrogen) atoms. The van der Waals surface area contributed by atoms with Crippen LogP contribution in [0.25, 0.3) is 10.2 Å². The molecule has 0 saturated carbocycles. The Hall–Kier alpha value is -2.40. The molecule has 230 valence electrons. The van der Waals surface area contributed by atoms with Gasteiger partial charge < -0.3 is 11.1 Å². The molecule has 3 aromatic rings. The van der Waals surface area contributed by atoms with E-state index in [9.17, 15) is 17.6 Å². The molecule has 2 aromatic heterocycles.